The van der Waals surface area contributed by atoms with Crippen LogP contribution in [0.25, 0.3) is 0 Å². The fraction of sp³-hybridized carbons (Fsp3) is 1.00. The predicted octanol–water partition coefficient (Wildman–Crippen LogP) is 2.30. The summed E-state index contributed by atoms with van der Waals surface area (Å²) in [5.41, 5.74) is 0. The number of rotatable bonds is 6. The molecule has 0 aromatic rings. The predicted molar refractivity (Wildman–Crippen MR) is 62.6 cm³/mol. The first-order valence-electron chi connectivity index (χ1n) is 6.35. The third kappa shape index (κ3) is 3.97. The Morgan fingerprint density at radius 3 is 1.64 bits per heavy atom. The fourth-order valence-corrected chi connectivity index (χ4v) is 2.28. The summed E-state index contributed by atoms with van der Waals surface area (Å²) in [5, 5.41) is 7.34. The first-order valence-corrected chi connectivity index (χ1v) is 6.35. The van der Waals surface area contributed by atoms with Crippen molar-refractivity contribution in [2.24, 2.45) is 0 Å². The Labute approximate surface area is 88.8 Å². The Balaban J connectivity index is 2.26. The van der Waals surface area contributed by atoms with Crippen molar-refractivity contribution in [3.63, 3.8) is 0 Å². The van der Waals surface area contributed by atoms with E-state index < -0.39 is 0 Å². The highest BCUT2D eigenvalue weighted by Gasteiger charge is 2.23. The minimum atomic E-state index is 0.732. The molecule has 2 N–H and O–H groups in total. The molecule has 0 bridgehead atoms. The summed E-state index contributed by atoms with van der Waals surface area (Å²) in [7, 11) is 0. The second kappa shape index (κ2) is 7.24. The van der Waals surface area contributed by atoms with E-state index in [2.05, 4.69) is 24.5 Å². The van der Waals surface area contributed by atoms with Gasteiger partial charge in [-0.1, -0.05) is 26.7 Å². The van der Waals surface area contributed by atoms with Crippen LogP contribution in [0.5, 0.6) is 0 Å². The van der Waals surface area contributed by atoms with Crippen molar-refractivity contribution >= 4 is 0 Å². The van der Waals surface area contributed by atoms with Crippen LogP contribution in [0.15, 0.2) is 0 Å². The van der Waals surface area contributed by atoms with Crippen LogP contribution in [0.4, 0.5) is 0 Å². The third-order valence-electron chi connectivity index (χ3n) is 3.08. The zero-order valence-electron chi connectivity index (χ0n) is 9.81. The van der Waals surface area contributed by atoms with Gasteiger partial charge < -0.3 is 10.6 Å². The molecule has 1 saturated carbocycles. The molecule has 1 fully saturated rings. The SMILES string of the molecule is CCCNC1CCCCC1NCCC. The molecule has 0 aromatic heterocycles. The zero-order chi connectivity index (χ0) is 10.2. The summed E-state index contributed by atoms with van der Waals surface area (Å²) in [5.74, 6) is 0. The van der Waals surface area contributed by atoms with Crippen LogP contribution in [0.1, 0.15) is 52.4 Å². The maximum atomic E-state index is 3.67. The number of nitrogens with one attached hydrogen (secondary N) is 2. The van der Waals surface area contributed by atoms with E-state index in [1.165, 1.54) is 51.6 Å². The van der Waals surface area contributed by atoms with Crippen molar-refractivity contribution in [1.29, 1.82) is 0 Å². The molecule has 0 saturated heterocycles. The van der Waals surface area contributed by atoms with Gasteiger partial charge in [0.2, 0.25) is 0 Å². The van der Waals surface area contributed by atoms with Gasteiger partial charge in [0.05, 0.1) is 0 Å². The van der Waals surface area contributed by atoms with Gasteiger partial charge in [-0.2, -0.15) is 0 Å². The molecule has 0 radical (unpaired) electrons. The number of hydrogen-bond acceptors (Lipinski definition) is 2. The average Bonchev–Trinajstić information content (AvgIpc) is 2.24. The molecule has 0 aliphatic heterocycles. The molecule has 84 valence electrons. The van der Waals surface area contributed by atoms with Crippen LogP contribution in [0, 0.1) is 0 Å². The van der Waals surface area contributed by atoms with E-state index >= 15 is 0 Å². The first kappa shape index (κ1) is 12.0. The third-order valence-corrected chi connectivity index (χ3v) is 3.08. The van der Waals surface area contributed by atoms with Crippen LogP contribution in [0.2, 0.25) is 0 Å². The molecule has 2 heteroatoms. The van der Waals surface area contributed by atoms with Gasteiger partial charge in [-0.15, -0.1) is 0 Å². The smallest absolute Gasteiger partial charge is 0.0221 e. The van der Waals surface area contributed by atoms with Gasteiger partial charge >= 0.3 is 0 Å². The summed E-state index contributed by atoms with van der Waals surface area (Å²) in [6, 6.07) is 1.46. The zero-order valence-corrected chi connectivity index (χ0v) is 9.81. The van der Waals surface area contributed by atoms with Gasteiger partial charge in [-0.25, -0.2) is 0 Å². The van der Waals surface area contributed by atoms with E-state index in [1.54, 1.807) is 0 Å². The Morgan fingerprint density at radius 1 is 0.857 bits per heavy atom. The Kier molecular flexibility index (Phi) is 6.20. The van der Waals surface area contributed by atoms with Crippen molar-refractivity contribution in [1.82, 2.24) is 10.6 Å². The summed E-state index contributed by atoms with van der Waals surface area (Å²) in [6.07, 6.45) is 8.04. The summed E-state index contributed by atoms with van der Waals surface area (Å²) < 4.78 is 0. The minimum absolute atomic E-state index is 0.732. The summed E-state index contributed by atoms with van der Waals surface area (Å²) >= 11 is 0. The Morgan fingerprint density at radius 2 is 1.29 bits per heavy atom. The lowest BCUT2D eigenvalue weighted by Gasteiger charge is -2.33. The topological polar surface area (TPSA) is 24.1 Å². The van der Waals surface area contributed by atoms with E-state index in [1.807, 2.05) is 0 Å². The van der Waals surface area contributed by atoms with Crippen LogP contribution in [-0.2, 0) is 0 Å². The second-order valence-electron chi connectivity index (χ2n) is 4.41. The standard InChI is InChI=1S/C12H26N2/c1-3-9-13-11-7-5-6-8-12(11)14-10-4-2/h11-14H,3-10H2,1-2H3. The highest BCUT2D eigenvalue weighted by atomic mass is 15.0. The molecule has 0 heterocycles. The molecule has 0 spiro atoms. The molecular weight excluding hydrogens is 172 g/mol. The lowest BCUT2D eigenvalue weighted by Crippen LogP contribution is -2.50. The van der Waals surface area contributed by atoms with E-state index in [0.717, 1.165) is 12.1 Å². The molecule has 0 amide bonds. The van der Waals surface area contributed by atoms with E-state index in [9.17, 15) is 0 Å². The molecule has 1 rings (SSSR count). The molecule has 0 aromatic carbocycles. The fourth-order valence-electron chi connectivity index (χ4n) is 2.28. The molecule has 14 heavy (non-hydrogen) atoms. The Hall–Kier alpha value is -0.0800. The normalized spacial score (nSPS) is 27.9. The largest absolute Gasteiger partial charge is 0.312 e. The molecule has 2 nitrogen and oxygen atoms in total. The maximum Gasteiger partial charge on any atom is 0.0221 e. The molecule has 2 atom stereocenters. The number of hydrogen-bond donors (Lipinski definition) is 2. The first-order chi connectivity index (χ1) is 6.88. The van der Waals surface area contributed by atoms with Crippen LogP contribution >= 0.6 is 0 Å². The molecule has 1 aliphatic carbocycles. The lowest BCUT2D eigenvalue weighted by atomic mass is 9.90. The van der Waals surface area contributed by atoms with Gasteiger partial charge in [0.15, 0.2) is 0 Å². The van der Waals surface area contributed by atoms with Crippen LogP contribution in [-0.4, -0.2) is 25.2 Å². The average molecular weight is 198 g/mol. The van der Waals surface area contributed by atoms with Gasteiger partial charge in [0.1, 0.15) is 0 Å². The minimum Gasteiger partial charge on any atom is -0.312 e. The van der Waals surface area contributed by atoms with Crippen molar-refractivity contribution in [2.75, 3.05) is 13.1 Å². The van der Waals surface area contributed by atoms with Gasteiger partial charge in [0, 0.05) is 12.1 Å². The quantitative estimate of drug-likeness (QED) is 0.684. The van der Waals surface area contributed by atoms with E-state index in [4.69, 9.17) is 0 Å². The molecule has 2 unspecified atom stereocenters. The van der Waals surface area contributed by atoms with Gasteiger partial charge in [-0.05, 0) is 38.8 Å². The highest BCUT2D eigenvalue weighted by molar-refractivity contribution is 4.85. The van der Waals surface area contributed by atoms with Crippen molar-refractivity contribution in [3.8, 4) is 0 Å². The Bertz CT molecular complexity index is 120. The summed E-state index contributed by atoms with van der Waals surface area (Å²) in [4.78, 5) is 0. The van der Waals surface area contributed by atoms with E-state index in [0.29, 0.717) is 0 Å². The maximum absolute atomic E-state index is 3.67. The van der Waals surface area contributed by atoms with Crippen molar-refractivity contribution < 1.29 is 0 Å². The van der Waals surface area contributed by atoms with Gasteiger partial charge in [-0.3, -0.25) is 0 Å². The van der Waals surface area contributed by atoms with Gasteiger partial charge in [0.25, 0.3) is 0 Å². The van der Waals surface area contributed by atoms with Crippen molar-refractivity contribution in [2.45, 2.75) is 64.5 Å². The van der Waals surface area contributed by atoms with E-state index in [-0.39, 0.29) is 0 Å². The highest BCUT2D eigenvalue weighted by Crippen LogP contribution is 2.18. The van der Waals surface area contributed by atoms with Crippen molar-refractivity contribution in [3.05, 3.63) is 0 Å². The van der Waals surface area contributed by atoms with Crippen LogP contribution in [0.3, 0.4) is 0 Å². The second-order valence-corrected chi connectivity index (χ2v) is 4.41. The van der Waals surface area contributed by atoms with Crippen LogP contribution < -0.4 is 10.6 Å². The monoisotopic (exact) mass is 198 g/mol. The summed E-state index contributed by atoms with van der Waals surface area (Å²) in [6.45, 7) is 6.83. The lowest BCUT2D eigenvalue weighted by molar-refractivity contribution is 0.285. The molecular formula is C12H26N2. The molecule has 1 aliphatic rings.